The van der Waals surface area contributed by atoms with Crippen LogP contribution in [0.3, 0.4) is 0 Å². The monoisotopic (exact) mass is 524 g/mol. The van der Waals surface area contributed by atoms with Crippen LogP contribution in [0.1, 0.15) is 21.1 Å². The van der Waals surface area contributed by atoms with E-state index in [2.05, 4.69) is 0 Å². The average molecular weight is 524 g/mol. The van der Waals surface area contributed by atoms with Gasteiger partial charge in [0, 0.05) is 12.1 Å². The van der Waals surface area contributed by atoms with E-state index in [4.69, 9.17) is 38.0 Å². The first-order chi connectivity index (χ1) is 18.3. The van der Waals surface area contributed by atoms with Crippen molar-refractivity contribution in [2.45, 2.75) is 12.2 Å². The van der Waals surface area contributed by atoms with Crippen molar-refractivity contribution in [2.75, 3.05) is 26.4 Å². The van der Waals surface area contributed by atoms with E-state index in [9.17, 15) is 19.2 Å². The largest absolute Gasteiger partial charge is 0.490 e. The van der Waals surface area contributed by atoms with Gasteiger partial charge in [0.15, 0.2) is 10.9 Å². The molecule has 2 N–H and O–H groups in total. The first-order valence-corrected chi connectivity index (χ1v) is 11.4. The van der Waals surface area contributed by atoms with Crippen molar-refractivity contribution in [3.05, 3.63) is 80.5 Å². The maximum atomic E-state index is 12.4. The quantitative estimate of drug-likeness (QED) is 0.345. The molecule has 12 nitrogen and oxygen atoms in total. The summed E-state index contributed by atoms with van der Waals surface area (Å²) in [5.74, 6) is -3.18. The summed E-state index contributed by atoms with van der Waals surface area (Å²) in [4.78, 5) is 47.1. The second-order valence-corrected chi connectivity index (χ2v) is 8.35. The van der Waals surface area contributed by atoms with Crippen LogP contribution in [0.2, 0.25) is 0 Å². The number of aromatic carboxylic acids is 2. The van der Waals surface area contributed by atoms with Crippen LogP contribution in [0.5, 0.6) is 11.5 Å². The zero-order valence-electron chi connectivity index (χ0n) is 19.6. The third-order valence-electron chi connectivity index (χ3n) is 5.74. The molecule has 0 amide bonds. The molecule has 196 valence electrons. The molecular formula is C26H20O12. The molecule has 2 aromatic heterocycles. The summed E-state index contributed by atoms with van der Waals surface area (Å²) in [5.41, 5.74) is -0.906. The van der Waals surface area contributed by atoms with Crippen molar-refractivity contribution in [2.24, 2.45) is 0 Å². The molecule has 2 atom stereocenters. The molecule has 1 saturated heterocycles. The van der Waals surface area contributed by atoms with Crippen LogP contribution in [0.4, 0.5) is 0 Å². The molecule has 0 aliphatic carbocycles. The molecule has 1 aliphatic rings. The highest BCUT2D eigenvalue weighted by Gasteiger charge is 2.25. The first kappa shape index (κ1) is 25.0. The van der Waals surface area contributed by atoms with Gasteiger partial charge in [0.05, 0.1) is 13.2 Å². The second-order valence-electron chi connectivity index (χ2n) is 8.35. The number of carboxylic acid groups (broad SMARTS) is 2. The van der Waals surface area contributed by atoms with E-state index in [-0.39, 0.29) is 59.9 Å². The molecule has 12 heteroatoms. The number of hydrogen-bond donors (Lipinski definition) is 2. The van der Waals surface area contributed by atoms with Gasteiger partial charge in [-0.2, -0.15) is 0 Å². The van der Waals surface area contributed by atoms with Crippen LogP contribution in [0, 0.1) is 0 Å². The van der Waals surface area contributed by atoms with Crippen LogP contribution in [0.15, 0.2) is 67.0 Å². The van der Waals surface area contributed by atoms with Crippen molar-refractivity contribution < 1.29 is 47.6 Å². The Labute approximate surface area is 212 Å². The SMILES string of the molecule is O=C(O)c1cc(=O)c2c(OCC3COC(COc4cccc5oc(C(=O)O)cc(=O)c45)CO3)cccc2o1. The molecule has 0 bridgehead atoms. The van der Waals surface area contributed by atoms with Gasteiger partial charge in [0.2, 0.25) is 11.5 Å². The Morgan fingerprint density at radius 3 is 1.53 bits per heavy atom. The number of rotatable bonds is 8. The summed E-state index contributed by atoms with van der Waals surface area (Å²) in [5, 5.41) is 18.4. The predicted octanol–water partition coefficient (Wildman–Crippen LogP) is 2.54. The molecular weight excluding hydrogens is 504 g/mol. The number of carboxylic acids is 2. The lowest BCUT2D eigenvalue weighted by atomic mass is 10.2. The van der Waals surface area contributed by atoms with Gasteiger partial charge in [0.25, 0.3) is 0 Å². The molecule has 0 spiro atoms. The Hall–Kier alpha value is -4.68. The molecule has 3 heterocycles. The molecule has 0 saturated carbocycles. The molecule has 38 heavy (non-hydrogen) atoms. The zero-order chi connectivity index (χ0) is 26.8. The number of fused-ring (bicyclic) bond motifs is 2. The van der Waals surface area contributed by atoms with Crippen molar-refractivity contribution in [3.8, 4) is 11.5 Å². The first-order valence-electron chi connectivity index (χ1n) is 11.4. The van der Waals surface area contributed by atoms with Crippen LogP contribution in [-0.2, 0) is 9.47 Å². The van der Waals surface area contributed by atoms with E-state index >= 15 is 0 Å². The maximum Gasteiger partial charge on any atom is 0.371 e. The lowest BCUT2D eigenvalue weighted by Gasteiger charge is -2.29. The van der Waals surface area contributed by atoms with E-state index in [1.807, 2.05) is 0 Å². The standard InChI is InChI=1S/C26H20O12/c27-15-7-21(25(29)30)37-19-5-1-3-17(23(15)19)35-11-13-9-34-14(10-33-13)12-36-18-4-2-6-20-24(18)16(28)8-22(38-20)26(31)32/h1-8,13-14H,9-12H2,(H,29,30)(H,31,32). The van der Waals surface area contributed by atoms with Crippen molar-refractivity contribution in [1.29, 1.82) is 0 Å². The summed E-state index contributed by atoms with van der Waals surface area (Å²) in [7, 11) is 0. The number of hydrogen-bond acceptors (Lipinski definition) is 10. The minimum atomic E-state index is -1.35. The van der Waals surface area contributed by atoms with Gasteiger partial charge in [-0.05, 0) is 24.3 Å². The van der Waals surface area contributed by atoms with Gasteiger partial charge in [-0.15, -0.1) is 0 Å². The lowest BCUT2D eigenvalue weighted by Crippen LogP contribution is -2.41. The highest BCUT2D eigenvalue weighted by Crippen LogP contribution is 2.25. The fraction of sp³-hybridized carbons (Fsp3) is 0.231. The van der Waals surface area contributed by atoms with E-state index in [0.717, 1.165) is 12.1 Å². The summed E-state index contributed by atoms with van der Waals surface area (Å²) in [6.45, 7) is 0.443. The maximum absolute atomic E-state index is 12.4. The smallest absolute Gasteiger partial charge is 0.371 e. The van der Waals surface area contributed by atoms with Gasteiger partial charge in [-0.25, -0.2) is 9.59 Å². The third-order valence-corrected chi connectivity index (χ3v) is 5.74. The van der Waals surface area contributed by atoms with Crippen molar-refractivity contribution in [3.63, 3.8) is 0 Å². The lowest BCUT2D eigenvalue weighted by molar-refractivity contribution is -0.150. The molecule has 5 rings (SSSR count). The van der Waals surface area contributed by atoms with Gasteiger partial charge in [0.1, 0.15) is 58.9 Å². The predicted molar refractivity (Wildman–Crippen MR) is 129 cm³/mol. The number of benzene rings is 2. The van der Waals surface area contributed by atoms with Crippen molar-refractivity contribution >= 4 is 33.9 Å². The fourth-order valence-electron chi connectivity index (χ4n) is 3.95. The highest BCUT2D eigenvalue weighted by molar-refractivity contribution is 5.90. The molecule has 1 fully saturated rings. The minimum absolute atomic E-state index is 0.0586. The molecule has 1 aliphatic heterocycles. The highest BCUT2D eigenvalue weighted by atomic mass is 16.6. The van der Waals surface area contributed by atoms with Gasteiger partial charge >= 0.3 is 11.9 Å². The Morgan fingerprint density at radius 2 is 1.16 bits per heavy atom. The van der Waals surface area contributed by atoms with Gasteiger partial charge < -0.3 is 38.0 Å². The third kappa shape index (κ3) is 5.08. The Bertz CT molecular complexity index is 1520. The summed E-state index contributed by atoms with van der Waals surface area (Å²) < 4.78 is 33.6. The second kappa shape index (κ2) is 10.4. The Balaban J connectivity index is 1.19. The van der Waals surface area contributed by atoms with E-state index in [0.29, 0.717) is 0 Å². The topological polar surface area (TPSA) is 172 Å². The normalized spacial score (nSPS) is 17.4. The van der Waals surface area contributed by atoms with E-state index in [1.54, 1.807) is 24.3 Å². The van der Waals surface area contributed by atoms with E-state index in [1.165, 1.54) is 12.1 Å². The Morgan fingerprint density at radius 1 is 0.737 bits per heavy atom. The van der Waals surface area contributed by atoms with Crippen molar-refractivity contribution in [1.82, 2.24) is 0 Å². The fourth-order valence-corrected chi connectivity index (χ4v) is 3.95. The molecule has 2 aromatic carbocycles. The van der Waals surface area contributed by atoms with E-state index < -0.39 is 46.5 Å². The molecule has 4 aromatic rings. The number of ether oxygens (including phenoxy) is 4. The Kier molecular flexibility index (Phi) is 6.81. The summed E-state index contributed by atoms with van der Waals surface area (Å²) in [6.07, 6.45) is -0.906. The van der Waals surface area contributed by atoms with Gasteiger partial charge in [-0.3, -0.25) is 9.59 Å². The van der Waals surface area contributed by atoms with Crippen LogP contribution < -0.4 is 20.3 Å². The number of carbonyl (C=O) groups is 2. The van der Waals surface area contributed by atoms with Crippen LogP contribution in [-0.4, -0.2) is 60.8 Å². The van der Waals surface area contributed by atoms with Crippen LogP contribution >= 0.6 is 0 Å². The van der Waals surface area contributed by atoms with Crippen LogP contribution in [0.25, 0.3) is 21.9 Å². The molecule has 0 radical (unpaired) electrons. The zero-order valence-corrected chi connectivity index (χ0v) is 19.6. The van der Waals surface area contributed by atoms with Gasteiger partial charge in [-0.1, -0.05) is 12.1 Å². The summed E-state index contributed by atoms with van der Waals surface area (Å²) in [6, 6.07) is 11.0. The summed E-state index contributed by atoms with van der Waals surface area (Å²) >= 11 is 0. The minimum Gasteiger partial charge on any atom is -0.490 e. The average Bonchev–Trinajstić information content (AvgIpc) is 2.90. The molecule has 2 unspecified atom stereocenters.